The van der Waals surface area contributed by atoms with E-state index >= 15 is 0 Å². The fourth-order valence-corrected chi connectivity index (χ4v) is 2.29. The normalized spacial score (nSPS) is 18.1. The van der Waals surface area contributed by atoms with Crippen LogP contribution in [0, 0.1) is 11.6 Å². The Labute approximate surface area is 92.4 Å². The monoisotopic (exact) mass is 231 g/mol. The molecule has 1 aromatic rings. The largest absolute Gasteiger partial charge is 0.317 e. The summed E-state index contributed by atoms with van der Waals surface area (Å²) in [7, 11) is 0. The number of rotatable bonds is 1. The SMILES string of the molecule is Fc1cc(Cl)c(C2CCNCC2)cc1F. The van der Waals surface area contributed by atoms with E-state index in [1.54, 1.807) is 0 Å². The maximum absolute atomic E-state index is 13.1. The first-order valence-corrected chi connectivity index (χ1v) is 5.41. The molecule has 1 aliphatic rings. The van der Waals surface area contributed by atoms with Gasteiger partial charge in [-0.15, -0.1) is 0 Å². The molecule has 15 heavy (non-hydrogen) atoms. The molecule has 1 nitrogen and oxygen atoms in total. The van der Waals surface area contributed by atoms with Crippen LogP contribution < -0.4 is 5.32 Å². The zero-order valence-corrected chi connectivity index (χ0v) is 8.95. The van der Waals surface area contributed by atoms with E-state index in [-0.39, 0.29) is 5.92 Å². The topological polar surface area (TPSA) is 12.0 Å². The van der Waals surface area contributed by atoms with Crippen LogP contribution in [0.4, 0.5) is 8.78 Å². The van der Waals surface area contributed by atoms with E-state index in [0.717, 1.165) is 37.6 Å². The molecule has 1 fully saturated rings. The molecule has 0 aromatic heterocycles. The van der Waals surface area contributed by atoms with Crippen molar-refractivity contribution in [2.45, 2.75) is 18.8 Å². The van der Waals surface area contributed by atoms with Crippen LogP contribution in [-0.2, 0) is 0 Å². The van der Waals surface area contributed by atoms with Crippen LogP contribution in [0.2, 0.25) is 5.02 Å². The first kappa shape index (κ1) is 10.8. The molecule has 0 atom stereocenters. The molecule has 1 aromatic carbocycles. The molecule has 1 heterocycles. The van der Waals surface area contributed by atoms with Gasteiger partial charge in [0.25, 0.3) is 0 Å². The Hall–Kier alpha value is -0.670. The fourth-order valence-electron chi connectivity index (χ4n) is 1.98. The molecule has 1 N–H and O–H groups in total. The van der Waals surface area contributed by atoms with Crippen LogP contribution in [0.5, 0.6) is 0 Å². The molecule has 1 aliphatic heterocycles. The quantitative estimate of drug-likeness (QED) is 0.733. The minimum absolute atomic E-state index is 0.244. The zero-order valence-electron chi connectivity index (χ0n) is 8.19. The van der Waals surface area contributed by atoms with Crippen LogP contribution in [0.25, 0.3) is 0 Å². The Bertz CT molecular complexity index is 362. The zero-order chi connectivity index (χ0) is 10.8. The van der Waals surface area contributed by atoms with Gasteiger partial charge in [-0.25, -0.2) is 8.78 Å². The van der Waals surface area contributed by atoms with Gasteiger partial charge in [0, 0.05) is 5.02 Å². The Kier molecular flexibility index (Phi) is 3.22. The van der Waals surface area contributed by atoms with Gasteiger partial charge in [0.05, 0.1) is 0 Å². The summed E-state index contributed by atoms with van der Waals surface area (Å²) < 4.78 is 25.9. The highest BCUT2D eigenvalue weighted by molar-refractivity contribution is 6.31. The average molecular weight is 232 g/mol. The number of benzene rings is 1. The second-order valence-corrected chi connectivity index (χ2v) is 4.22. The summed E-state index contributed by atoms with van der Waals surface area (Å²) in [6.07, 6.45) is 1.84. The van der Waals surface area contributed by atoms with Gasteiger partial charge in [0.15, 0.2) is 11.6 Å². The fraction of sp³-hybridized carbons (Fsp3) is 0.455. The van der Waals surface area contributed by atoms with Crippen molar-refractivity contribution >= 4 is 11.6 Å². The molecular weight excluding hydrogens is 220 g/mol. The lowest BCUT2D eigenvalue weighted by Crippen LogP contribution is -2.26. The maximum Gasteiger partial charge on any atom is 0.160 e. The molecule has 0 bridgehead atoms. The number of hydrogen-bond acceptors (Lipinski definition) is 1. The Morgan fingerprint density at radius 3 is 2.40 bits per heavy atom. The smallest absolute Gasteiger partial charge is 0.160 e. The van der Waals surface area contributed by atoms with Crippen molar-refractivity contribution in [1.29, 1.82) is 0 Å². The van der Waals surface area contributed by atoms with Gasteiger partial charge in [-0.1, -0.05) is 11.6 Å². The van der Waals surface area contributed by atoms with Crippen LogP contribution in [-0.4, -0.2) is 13.1 Å². The maximum atomic E-state index is 13.1. The van der Waals surface area contributed by atoms with Crippen LogP contribution in [0.1, 0.15) is 24.3 Å². The van der Waals surface area contributed by atoms with Gasteiger partial charge in [-0.05, 0) is 49.5 Å². The summed E-state index contributed by atoms with van der Waals surface area (Å²) in [5.74, 6) is -1.44. The van der Waals surface area contributed by atoms with Crippen molar-refractivity contribution < 1.29 is 8.78 Å². The van der Waals surface area contributed by atoms with Gasteiger partial charge >= 0.3 is 0 Å². The van der Waals surface area contributed by atoms with Gasteiger partial charge < -0.3 is 5.32 Å². The summed E-state index contributed by atoms with van der Waals surface area (Å²) in [5, 5.41) is 3.55. The van der Waals surface area contributed by atoms with E-state index in [4.69, 9.17) is 11.6 Å². The summed E-state index contributed by atoms with van der Waals surface area (Å²) in [6.45, 7) is 1.81. The molecule has 0 unspecified atom stereocenters. The summed E-state index contributed by atoms with van der Waals surface area (Å²) in [6, 6.07) is 2.29. The summed E-state index contributed by atoms with van der Waals surface area (Å²) >= 11 is 5.91. The number of nitrogens with one attached hydrogen (secondary N) is 1. The standard InChI is InChI=1S/C11H12ClF2N/c12-9-6-11(14)10(13)5-8(9)7-1-3-15-4-2-7/h5-7,15H,1-4H2. The Balaban J connectivity index is 2.30. The second-order valence-electron chi connectivity index (χ2n) is 3.81. The molecule has 0 aliphatic carbocycles. The molecule has 1 saturated heterocycles. The van der Waals surface area contributed by atoms with Crippen LogP contribution >= 0.6 is 11.6 Å². The highest BCUT2D eigenvalue weighted by Gasteiger charge is 2.19. The van der Waals surface area contributed by atoms with Gasteiger partial charge in [0.1, 0.15) is 0 Å². The predicted octanol–water partition coefficient (Wildman–Crippen LogP) is 3.09. The van der Waals surface area contributed by atoms with Gasteiger partial charge in [-0.2, -0.15) is 0 Å². The first-order valence-electron chi connectivity index (χ1n) is 5.03. The van der Waals surface area contributed by atoms with Crippen molar-refractivity contribution in [2.75, 3.05) is 13.1 Å². The molecule has 2 rings (SSSR count). The summed E-state index contributed by atoms with van der Waals surface area (Å²) in [5.41, 5.74) is 0.733. The van der Waals surface area contributed by atoms with E-state index in [2.05, 4.69) is 5.32 Å². The van der Waals surface area contributed by atoms with E-state index in [9.17, 15) is 8.78 Å². The first-order chi connectivity index (χ1) is 7.18. The third-order valence-corrected chi connectivity index (χ3v) is 3.15. The average Bonchev–Trinajstić information content (AvgIpc) is 2.25. The molecule has 4 heteroatoms. The van der Waals surface area contributed by atoms with Gasteiger partial charge in [0.2, 0.25) is 0 Å². The van der Waals surface area contributed by atoms with Crippen molar-refractivity contribution in [2.24, 2.45) is 0 Å². The third-order valence-electron chi connectivity index (χ3n) is 2.82. The summed E-state index contributed by atoms with van der Waals surface area (Å²) in [4.78, 5) is 0. The molecule has 0 spiro atoms. The van der Waals surface area contributed by atoms with E-state index < -0.39 is 11.6 Å². The van der Waals surface area contributed by atoms with E-state index in [0.29, 0.717) is 5.02 Å². The minimum Gasteiger partial charge on any atom is -0.317 e. The molecule has 0 radical (unpaired) electrons. The Morgan fingerprint density at radius 1 is 1.13 bits per heavy atom. The predicted molar refractivity (Wildman–Crippen MR) is 56.2 cm³/mol. The highest BCUT2D eigenvalue weighted by Crippen LogP contribution is 2.32. The van der Waals surface area contributed by atoms with Crippen LogP contribution in [0.3, 0.4) is 0 Å². The highest BCUT2D eigenvalue weighted by atomic mass is 35.5. The number of hydrogen-bond donors (Lipinski definition) is 1. The van der Waals surface area contributed by atoms with Crippen molar-refractivity contribution in [3.05, 3.63) is 34.4 Å². The number of piperidine rings is 1. The van der Waals surface area contributed by atoms with Crippen molar-refractivity contribution in [1.82, 2.24) is 5.32 Å². The Morgan fingerprint density at radius 2 is 1.73 bits per heavy atom. The van der Waals surface area contributed by atoms with Crippen molar-refractivity contribution in [3.63, 3.8) is 0 Å². The second kappa shape index (κ2) is 4.45. The van der Waals surface area contributed by atoms with Gasteiger partial charge in [-0.3, -0.25) is 0 Å². The lowest BCUT2D eigenvalue weighted by Gasteiger charge is -2.23. The third kappa shape index (κ3) is 2.29. The minimum atomic E-state index is -0.877. The molecule has 0 amide bonds. The lowest BCUT2D eigenvalue weighted by atomic mass is 9.90. The van der Waals surface area contributed by atoms with E-state index in [1.165, 1.54) is 6.07 Å². The van der Waals surface area contributed by atoms with Crippen LogP contribution in [0.15, 0.2) is 12.1 Å². The lowest BCUT2D eigenvalue weighted by molar-refractivity contribution is 0.454. The van der Waals surface area contributed by atoms with E-state index in [1.807, 2.05) is 0 Å². The molecular formula is C11H12ClF2N. The molecule has 0 saturated carbocycles. The van der Waals surface area contributed by atoms with Crippen molar-refractivity contribution in [3.8, 4) is 0 Å². The molecule has 82 valence electrons. The number of halogens is 3.